The second-order valence-electron chi connectivity index (χ2n) is 34.7. The number of aryl methyl sites for hydroxylation is 1. The number of carboxylic acids is 1. The number of aromatic nitrogens is 11. The fraction of sp³-hybridized carbons (Fsp3) is 0.415. The predicted molar refractivity (Wildman–Crippen MR) is 492 cm³/mol. The van der Waals surface area contributed by atoms with Crippen LogP contribution < -0.4 is 42.5 Å². The van der Waals surface area contributed by atoms with E-state index in [4.69, 9.17) is 33.5 Å². The molecule has 142 heavy (non-hydrogen) atoms. The number of aromatic amines is 2. The molecule has 10 aromatic rings. The summed E-state index contributed by atoms with van der Waals surface area (Å²) < 4.78 is 119. The Hall–Kier alpha value is -14.4. The molecule has 0 spiro atoms. The van der Waals surface area contributed by atoms with Crippen molar-refractivity contribution in [2.75, 3.05) is 81.9 Å². The van der Waals surface area contributed by atoms with Crippen molar-refractivity contribution in [3.8, 4) is 10.4 Å². The van der Waals surface area contributed by atoms with E-state index in [0.29, 0.717) is 121 Å². The van der Waals surface area contributed by atoms with Gasteiger partial charge in [-0.25, -0.2) is 45.5 Å². The zero-order valence-corrected chi connectivity index (χ0v) is 78.3. The average molecular weight is 2000 g/mol. The fourth-order valence-corrected chi connectivity index (χ4v) is 17.0. The van der Waals surface area contributed by atoms with Crippen LogP contribution in [-0.4, -0.2) is 261 Å². The number of carbonyl (C=O) groups is 12. The van der Waals surface area contributed by atoms with Gasteiger partial charge in [-0.2, -0.15) is 10.2 Å². The smallest absolute Gasteiger partial charge is 0.341 e. The number of hydrogen-bond donors (Lipinski definition) is 12. The van der Waals surface area contributed by atoms with Crippen LogP contribution in [0.4, 0.5) is 43.4 Å². The lowest BCUT2D eigenvalue weighted by Gasteiger charge is -2.35. The molecule has 12 N–H and O–H groups in total. The van der Waals surface area contributed by atoms with Crippen molar-refractivity contribution in [2.24, 2.45) is 5.41 Å². The number of imide groups is 2. The number of likely N-dealkylation sites (tertiary alicyclic amines) is 1. The highest BCUT2D eigenvalue weighted by Crippen LogP contribution is 2.35. The van der Waals surface area contributed by atoms with E-state index in [1.807, 2.05) is 52.0 Å². The summed E-state index contributed by atoms with van der Waals surface area (Å²) in [4.78, 5) is 160. The number of rotatable bonds is 40. The van der Waals surface area contributed by atoms with Crippen LogP contribution in [0.1, 0.15) is 187 Å². The summed E-state index contributed by atoms with van der Waals surface area (Å²) in [6.07, 6.45) is 10.2. The zero-order chi connectivity index (χ0) is 101. The summed E-state index contributed by atoms with van der Waals surface area (Å²) in [6.45, 7) is 11.0. The van der Waals surface area contributed by atoms with Crippen molar-refractivity contribution >= 4 is 99.3 Å². The molecular weight excluding hydrogens is 1890 g/mol. The van der Waals surface area contributed by atoms with Crippen molar-refractivity contribution in [3.63, 3.8) is 0 Å². The molecule has 11 amide bonds. The Morgan fingerprint density at radius 3 is 1.58 bits per heavy atom. The number of amides is 11. The molecule has 3 aliphatic heterocycles. The number of piperidine rings is 1. The number of aliphatic hydroxyl groups excluding tert-OH is 1. The van der Waals surface area contributed by atoms with Gasteiger partial charge >= 0.3 is 5.97 Å². The van der Waals surface area contributed by atoms with Gasteiger partial charge in [0.15, 0.2) is 0 Å². The molecule has 4 fully saturated rings. The Balaban J connectivity index is 0.000000215. The predicted octanol–water partition coefficient (Wildman–Crippen LogP) is 8.06. The van der Waals surface area contributed by atoms with E-state index in [2.05, 4.69) is 88.5 Å². The highest BCUT2D eigenvalue weighted by molar-refractivity contribution is 7.13. The lowest BCUT2D eigenvalue weighted by molar-refractivity contribution is -0.144. The van der Waals surface area contributed by atoms with Crippen molar-refractivity contribution in [3.05, 3.63) is 224 Å². The number of benzene rings is 5. The number of H-pyrrole nitrogens is 2. The maximum atomic E-state index is 14.1. The summed E-state index contributed by atoms with van der Waals surface area (Å²) in [5.74, 6) is -14.6. The van der Waals surface area contributed by atoms with E-state index in [-0.39, 0.29) is 124 Å². The summed E-state index contributed by atoms with van der Waals surface area (Å²) in [7, 11) is 0. The topological polar surface area (TPSA) is 535 Å². The summed E-state index contributed by atoms with van der Waals surface area (Å²) in [5, 5.41) is 69.6. The highest BCUT2D eigenvalue weighted by atomic mass is 32.1. The number of β-amino-alcohol motifs (C(OH)–C–C–N with tert-alkyl or cyclic N) is 1. The van der Waals surface area contributed by atoms with E-state index >= 15 is 0 Å². The Morgan fingerprint density at radius 2 is 1.08 bits per heavy atom. The molecule has 754 valence electrons. The van der Waals surface area contributed by atoms with E-state index in [1.165, 1.54) is 23.4 Å². The third-order valence-corrected chi connectivity index (χ3v) is 24.5. The summed E-state index contributed by atoms with van der Waals surface area (Å²) in [6, 6.07) is 18.4. The van der Waals surface area contributed by atoms with Gasteiger partial charge in [0.2, 0.25) is 29.5 Å². The fourth-order valence-electron chi connectivity index (χ4n) is 16.2. The number of halogens is 6. The Labute approximate surface area is 811 Å². The molecule has 0 bridgehead atoms. The van der Waals surface area contributed by atoms with Gasteiger partial charge in [0, 0.05) is 50.2 Å². The lowest BCUT2D eigenvalue weighted by Crippen LogP contribution is -2.58. The van der Waals surface area contributed by atoms with Crippen molar-refractivity contribution in [1.82, 2.24) is 91.8 Å². The molecule has 41 nitrogen and oxygen atoms in total. The number of hydrogen-bond acceptors (Lipinski definition) is 28. The second-order valence-corrected chi connectivity index (χ2v) is 35.6. The average Bonchev–Trinajstić information content (AvgIpc) is 1.60. The van der Waals surface area contributed by atoms with Crippen LogP contribution in [0, 0.1) is 47.2 Å². The first-order valence-electron chi connectivity index (χ1n) is 45.6. The molecule has 2 aliphatic carbocycles. The lowest BCUT2D eigenvalue weighted by atomic mass is 9.85. The van der Waals surface area contributed by atoms with Crippen LogP contribution in [0.2, 0.25) is 0 Å². The molecule has 48 heteroatoms. The molecule has 5 aliphatic rings. The molecular formula is C94H105F6N21O20S. The number of carboxylic acid groups (broad SMARTS) is 1. The first-order valence-corrected chi connectivity index (χ1v) is 46.4. The molecule has 0 radical (unpaired) electrons. The van der Waals surface area contributed by atoms with Crippen LogP contribution in [0.25, 0.3) is 10.4 Å². The molecule has 2 saturated heterocycles. The Kier molecular flexibility index (Phi) is 36.7. The van der Waals surface area contributed by atoms with Gasteiger partial charge in [0.25, 0.3) is 35.4 Å². The maximum Gasteiger partial charge on any atom is 0.341 e. The summed E-state index contributed by atoms with van der Waals surface area (Å²) >= 11 is 1.56. The Morgan fingerprint density at radius 1 is 0.585 bits per heavy atom. The van der Waals surface area contributed by atoms with Crippen LogP contribution in [0.15, 0.2) is 127 Å². The maximum absolute atomic E-state index is 14.1. The first-order chi connectivity index (χ1) is 68.2. The number of nitrogens with one attached hydrogen (secondary N) is 10. The standard InChI is InChI=1S/C46H55F2N11O8S.C41H46F2N10O10.C7H4F2O2/c1-26-40(68-25-50-26)28-10-8-27(9-11-28)19-49-42(62)36-18-31(60)22-59(36)45(65)41(46(2,3)4)54-37(61)24-66-17-16-58-21-30(55-57-58)23-67-32-14-12-29(13-15-32)52-44(64)39-35(20-51-56-39)53-43(63)38-33(47)6-5-7-34(38)48;42-28-4-2-5-29(43)35(28)38(56)47-31-21-45-50-36(31)39(57)46-24-7-9-26(10-8-24)63-23-25-22-52(51-49-25)14-16-61-18-20-62-19-17-60-15-13-44-30-6-1-3-27-34(30)41(59)53(40(27)58)32-11-12-33(54)48-37(32)55;8-4-2-1-3-5(9)6(4)7(10)11/h5-11,20-21,25,29,31-32,36,41,60H,12-19,22-24H2,1-4H3,(H,49,62)(H,51,56)(H,52,64)(H,53,63)(H,54,61);1-6,21-22,24,26,32,44H,7-20,23H2,(H,45,50)(H,46,57)(H,47,56)(H,48,54,55);1-3H,(H,10,11)/t29?,31-,32?,36+,41-;;/m1../s1. The third kappa shape index (κ3) is 28.0. The second kappa shape index (κ2) is 49.6. The minimum atomic E-state index is -1.60. The zero-order valence-electron chi connectivity index (χ0n) is 77.5. The minimum Gasteiger partial charge on any atom is -0.477 e. The number of anilines is 3. The largest absolute Gasteiger partial charge is 0.477 e. The van der Waals surface area contributed by atoms with E-state index in [1.54, 1.807) is 50.7 Å². The van der Waals surface area contributed by atoms with E-state index in [9.17, 15) is 89.0 Å². The number of aliphatic hydroxyl groups is 1. The number of nitrogens with zero attached hydrogens (tertiary/aromatic N) is 11. The van der Waals surface area contributed by atoms with Crippen LogP contribution >= 0.6 is 11.3 Å². The Bertz CT molecular complexity index is 6100. The normalized spacial score (nSPS) is 18.0. The van der Waals surface area contributed by atoms with Gasteiger partial charge in [-0.1, -0.05) is 79.7 Å². The van der Waals surface area contributed by atoms with E-state index in [0.717, 1.165) is 81.2 Å². The van der Waals surface area contributed by atoms with Crippen LogP contribution in [-0.2, 0) is 85.2 Å². The van der Waals surface area contributed by atoms with Crippen molar-refractivity contribution < 1.29 is 123 Å². The number of ether oxygens (including phenoxy) is 6. The summed E-state index contributed by atoms with van der Waals surface area (Å²) in [5.41, 5.74) is 3.45. The van der Waals surface area contributed by atoms with Crippen LogP contribution in [0.5, 0.6) is 0 Å². The SMILES string of the molecule is Cc1ncsc1-c1ccc(CNC(=O)[C@@H]2C[C@@H](O)CN2C(=O)[C@@H](NC(=O)COCCn2cc(COC3CCC(NC(=O)c4[nH]ncc4NC(=O)c4c(F)cccc4F)CC3)nn2)C(C)(C)C)cc1.O=C(O)c1c(F)cccc1F.O=C1CCC(N2C(=O)c3cccc(NCCOCCOCCOCCn4cc(COC5CCC(NC(=O)c6[nH]ncc6NC(=O)c6c(F)cccc6F)CC5)nn4)c3C2=O)C(=O)N1. The molecule has 15 rings (SSSR count). The van der Waals surface area contributed by atoms with E-state index < -0.39 is 152 Å². The highest BCUT2D eigenvalue weighted by Gasteiger charge is 2.47. The van der Waals surface area contributed by atoms with Gasteiger partial charge < -0.3 is 80.8 Å². The number of thiazole rings is 1. The molecule has 5 aromatic carbocycles. The minimum absolute atomic E-state index is 0.00662. The molecule has 5 aromatic heterocycles. The van der Waals surface area contributed by atoms with Gasteiger partial charge in [-0.3, -0.25) is 73.2 Å². The number of carbonyl (C=O) groups excluding carboxylic acids is 11. The van der Waals surface area contributed by atoms with Gasteiger partial charge in [0.1, 0.15) is 99.1 Å². The molecule has 1 unspecified atom stereocenters. The van der Waals surface area contributed by atoms with Crippen LogP contribution in [0.3, 0.4) is 0 Å². The molecule has 2 saturated carbocycles. The van der Waals surface area contributed by atoms with Crippen molar-refractivity contribution in [2.45, 2.75) is 180 Å². The van der Waals surface area contributed by atoms with Gasteiger partial charge in [-0.05, 0) is 130 Å². The monoisotopic (exact) mass is 1990 g/mol. The van der Waals surface area contributed by atoms with Crippen molar-refractivity contribution in [1.29, 1.82) is 0 Å². The number of aromatic carboxylic acids is 1. The first kappa shape index (κ1) is 105. The molecule has 8 heterocycles. The van der Waals surface area contributed by atoms with Gasteiger partial charge in [0.05, 0.1) is 154 Å². The van der Waals surface area contributed by atoms with Gasteiger partial charge in [-0.15, -0.1) is 21.5 Å². The quantitative estimate of drug-likeness (QED) is 0.00980. The molecule has 4 atom stereocenters. The third-order valence-electron chi connectivity index (χ3n) is 23.6. The number of fused-ring (bicyclic) bond motifs is 1.